The van der Waals surface area contributed by atoms with Crippen molar-refractivity contribution in [3.63, 3.8) is 0 Å². The molecule has 0 aromatic rings. The highest BCUT2D eigenvalue weighted by molar-refractivity contribution is 7.99. The highest BCUT2D eigenvalue weighted by atomic mass is 32.2. The maximum atomic E-state index is 10.1. The molecular weight excluding hydrogens is 194 g/mol. The maximum absolute atomic E-state index is 10.1. The molecule has 1 saturated heterocycles. The number of unbranched alkanes of at least 4 members (excludes halogenated alkanes) is 1. The van der Waals surface area contributed by atoms with E-state index in [1.165, 1.54) is 19.3 Å². The van der Waals surface area contributed by atoms with Crippen molar-refractivity contribution in [1.29, 1.82) is 0 Å². The minimum Gasteiger partial charge on any atom is -0.388 e. The van der Waals surface area contributed by atoms with Crippen LogP contribution in [0.4, 0.5) is 0 Å². The van der Waals surface area contributed by atoms with Gasteiger partial charge in [0, 0.05) is 18.3 Å². The fourth-order valence-electron chi connectivity index (χ4n) is 1.71. The average molecular weight is 217 g/mol. The highest BCUT2D eigenvalue weighted by Crippen LogP contribution is 2.27. The average Bonchev–Trinajstić information content (AvgIpc) is 2.60. The van der Waals surface area contributed by atoms with E-state index in [1.54, 1.807) is 0 Å². The fraction of sp³-hybridized carbons (Fsp3) is 1.00. The molecule has 0 radical (unpaired) electrons. The first-order valence-corrected chi connectivity index (χ1v) is 6.85. The monoisotopic (exact) mass is 217 g/mol. The van der Waals surface area contributed by atoms with Crippen molar-refractivity contribution in [2.75, 3.05) is 18.1 Å². The number of hydrogen-bond acceptors (Lipinski definition) is 3. The first-order chi connectivity index (χ1) is 6.66. The minimum atomic E-state index is -0.425. The second-order valence-corrected chi connectivity index (χ2v) is 5.56. The van der Waals surface area contributed by atoms with Gasteiger partial charge in [0.15, 0.2) is 0 Å². The zero-order valence-corrected chi connectivity index (χ0v) is 10.2. The van der Waals surface area contributed by atoms with Gasteiger partial charge in [-0.15, -0.1) is 0 Å². The van der Waals surface area contributed by atoms with Crippen LogP contribution in [-0.2, 0) is 0 Å². The second-order valence-electron chi connectivity index (χ2n) is 4.45. The molecule has 0 amide bonds. The number of thioether (sulfide) groups is 1. The van der Waals surface area contributed by atoms with Gasteiger partial charge < -0.3 is 10.4 Å². The number of hydrogen-bond donors (Lipinski definition) is 2. The number of nitrogens with one attached hydrogen (secondary N) is 1. The highest BCUT2D eigenvalue weighted by Gasteiger charge is 2.31. The Morgan fingerprint density at radius 2 is 2.36 bits per heavy atom. The molecule has 1 rings (SSSR count). The van der Waals surface area contributed by atoms with E-state index in [9.17, 15) is 5.11 Å². The summed E-state index contributed by atoms with van der Waals surface area (Å²) in [4.78, 5) is 0. The smallest absolute Gasteiger partial charge is 0.0869 e. The van der Waals surface area contributed by atoms with Gasteiger partial charge in [-0.1, -0.05) is 19.8 Å². The van der Waals surface area contributed by atoms with E-state index < -0.39 is 5.60 Å². The van der Waals surface area contributed by atoms with Crippen LogP contribution in [0, 0.1) is 0 Å². The lowest BCUT2D eigenvalue weighted by Gasteiger charge is -2.24. The van der Waals surface area contributed by atoms with Crippen molar-refractivity contribution in [2.45, 2.75) is 51.2 Å². The van der Waals surface area contributed by atoms with Crippen molar-refractivity contribution in [1.82, 2.24) is 5.32 Å². The summed E-state index contributed by atoms with van der Waals surface area (Å²) in [6.07, 6.45) is 4.71. The van der Waals surface area contributed by atoms with Crippen LogP contribution in [0.3, 0.4) is 0 Å². The Morgan fingerprint density at radius 3 is 2.93 bits per heavy atom. The fourth-order valence-corrected chi connectivity index (χ4v) is 3.01. The summed E-state index contributed by atoms with van der Waals surface area (Å²) in [5.74, 6) is 2.02. The minimum absolute atomic E-state index is 0.425. The number of aliphatic hydroxyl groups is 1. The third kappa shape index (κ3) is 4.20. The topological polar surface area (TPSA) is 32.3 Å². The summed E-state index contributed by atoms with van der Waals surface area (Å²) < 4.78 is 0. The van der Waals surface area contributed by atoms with Crippen LogP contribution < -0.4 is 5.32 Å². The van der Waals surface area contributed by atoms with E-state index in [1.807, 2.05) is 11.8 Å². The van der Waals surface area contributed by atoms with Gasteiger partial charge in [-0.3, -0.25) is 0 Å². The zero-order valence-electron chi connectivity index (χ0n) is 9.38. The third-order valence-electron chi connectivity index (χ3n) is 2.85. The molecule has 0 aromatic heterocycles. The molecule has 1 heterocycles. The van der Waals surface area contributed by atoms with Crippen LogP contribution in [0.15, 0.2) is 0 Å². The van der Waals surface area contributed by atoms with Gasteiger partial charge in [-0.25, -0.2) is 0 Å². The molecule has 2 unspecified atom stereocenters. The molecule has 0 aromatic carbocycles. The third-order valence-corrected chi connectivity index (χ3v) is 4.09. The first kappa shape index (κ1) is 12.3. The van der Waals surface area contributed by atoms with Gasteiger partial charge in [0.1, 0.15) is 0 Å². The van der Waals surface area contributed by atoms with Gasteiger partial charge in [-0.2, -0.15) is 11.8 Å². The van der Waals surface area contributed by atoms with Crippen molar-refractivity contribution in [3.05, 3.63) is 0 Å². The molecule has 84 valence electrons. The summed E-state index contributed by atoms with van der Waals surface area (Å²) in [5.41, 5.74) is -0.425. The molecule has 2 nitrogen and oxygen atoms in total. The maximum Gasteiger partial charge on any atom is 0.0869 e. The summed E-state index contributed by atoms with van der Waals surface area (Å²) in [5, 5.41) is 13.5. The molecule has 0 bridgehead atoms. The zero-order chi connectivity index (χ0) is 10.4. The summed E-state index contributed by atoms with van der Waals surface area (Å²) >= 11 is 1.86. The molecular formula is C11H23NOS. The predicted octanol–water partition coefficient (Wildman–Crippen LogP) is 2.02. The first-order valence-electron chi connectivity index (χ1n) is 5.70. The van der Waals surface area contributed by atoms with Crippen molar-refractivity contribution in [2.24, 2.45) is 0 Å². The number of rotatable bonds is 6. The van der Waals surface area contributed by atoms with E-state index in [0.29, 0.717) is 6.04 Å². The molecule has 1 aliphatic heterocycles. The Balaban J connectivity index is 2.12. The van der Waals surface area contributed by atoms with Crippen LogP contribution in [0.25, 0.3) is 0 Å². The molecule has 2 atom stereocenters. The van der Waals surface area contributed by atoms with Crippen LogP contribution in [0.1, 0.15) is 39.5 Å². The van der Waals surface area contributed by atoms with Gasteiger partial charge in [0.05, 0.1) is 5.60 Å². The Hall–Kier alpha value is 0.270. The van der Waals surface area contributed by atoms with Gasteiger partial charge in [-0.05, 0) is 25.5 Å². The second kappa shape index (κ2) is 5.99. The van der Waals surface area contributed by atoms with Gasteiger partial charge in [0.2, 0.25) is 0 Å². The van der Waals surface area contributed by atoms with Crippen molar-refractivity contribution in [3.8, 4) is 0 Å². The van der Waals surface area contributed by atoms with Crippen LogP contribution in [0.5, 0.6) is 0 Å². The van der Waals surface area contributed by atoms with E-state index >= 15 is 0 Å². The van der Waals surface area contributed by atoms with Crippen molar-refractivity contribution >= 4 is 11.8 Å². The van der Waals surface area contributed by atoms with Crippen LogP contribution in [0.2, 0.25) is 0 Å². The molecule has 0 saturated carbocycles. The molecule has 0 aliphatic carbocycles. The Labute approximate surface area is 91.9 Å². The van der Waals surface area contributed by atoms with Crippen molar-refractivity contribution < 1.29 is 5.11 Å². The molecule has 0 spiro atoms. The van der Waals surface area contributed by atoms with Crippen LogP contribution >= 0.6 is 11.8 Å². The van der Waals surface area contributed by atoms with E-state index in [-0.39, 0.29) is 0 Å². The Morgan fingerprint density at radius 1 is 1.57 bits per heavy atom. The SMILES string of the molecule is CCCCC(C)NCC1(O)CCSC1. The van der Waals surface area contributed by atoms with E-state index in [2.05, 4.69) is 19.2 Å². The van der Waals surface area contributed by atoms with Gasteiger partial charge >= 0.3 is 0 Å². The Bertz CT molecular complexity index is 157. The van der Waals surface area contributed by atoms with E-state index in [0.717, 1.165) is 24.5 Å². The van der Waals surface area contributed by atoms with E-state index in [4.69, 9.17) is 0 Å². The lowest BCUT2D eigenvalue weighted by Crippen LogP contribution is -2.43. The quantitative estimate of drug-likeness (QED) is 0.714. The normalized spacial score (nSPS) is 29.4. The largest absolute Gasteiger partial charge is 0.388 e. The predicted molar refractivity (Wildman–Crippen MR) is 63.9 cm³/mol. The summed E-state index contributed by atoms with van der Waals surface area (Å²) in [7, 11) is 0. The molecule has 2 N–H and O–H groups in total. The summed E-state index contributed by atoms with van der Waals surface area (Å²) in [6, 6.07) is 0.546. The molecule has 14 heavy (non-hydrogen) atoms. The standard InChI is InChI=1S/C11H23NOS/c1-3-4-5-10(2)12-8-11(13)6-7-14-9-11/h10,12-13H,3-9H2,1-2H3. The van der Waals surface area contributed by atoms with Gasteiger partial charge in [0.25, 0.3) is 0 Å². The molecule has 1 aliphatic rings. The lowest BCUT2D eigenvalue weighted by molar-refractivity contribution is 0.0648. The molecule has 3 heteroatoms. The lowest BCUT2D eigenvalue weighted by atomic mass is 10.0. The van der Waals surface area contributed by atoms with Crippen LogP contribution in [-0.4, -0.2) is 34.8 Å². The Kier molecular flexibility index (Phi) is 5.28. The summed E-state index contributed by atoms with van der Waals surface area (Å²) in [6.45, 7) is 5.19. The molecule has 1 fully saturated rings.